The summed E-state index contributed by atoms with van der Waals surface area (Å²) in [5.74, 6) is 0. The zero-order valence-corrected chi connectivity index (χ0v) is 8.19. The summed E-state index contributed by atoms with van der Waals surface area (Å²) in [5, 5.41) is 15.2. The largest absolute Gasteiger partial charge is 0.391 e. The van der Waals surface area contributed by atoms with Gasteiger partial charge in [-0.1, -0.05) is 6.92 Å². The lowest BCUT2D eigenvalue weighted by Crippen LogP contribution is -2.17. The lowest BCUT2D eigenvalue weighted by Gasteiger charge is -2.07. The van der Waals surface area contributed by atoms with Gasteiger partial charge in [-0.05, 0) is 13.3 Å². The first-order valence-electron chi connectivity index (χ1n) is 4.06. The molecule has 1 aromatic heterocycles. The van der Waals surface area contributed by atoms with Crippen molar-refractivity contribution < 1.29 is 5.11 Å². The molecule has 4 heteroatoms. The quantitative estimate of drug-likeness (QED) is 0.751. The molecule has 0 aliphatic heterocycles. The molecule has 1 heterocycles. The van der Waals surface area contributed by atoms with Crippen molar-refractivity contribution in [3.8, 4) is 0 Å². The first-order valence-corrected chi connectivity index (χ1v) is 4.94. The van der Waals surface area contributed by atoms with Crippen molar-refractivity contribution in [3.63, 3.8) is 0 Å². The molecule has 1 aromatic rings. The van der Waals surface area contributed by atoms with Gasteiger partial charge in [0.1, 0.15) is 0 Å². The number of aliphatic hydroxyl groups excluding tert-OH is 1. The van der Waals surface area contributed by atoms with Crippen LogP contribution < -0.4 is 5.32 Å². The number of hydrogen-bond acceptors (Lipinski definition) is 4. The highest BCUT2D eigenvalue weighted by molar-refractivity contribution is 7.13. The summed E-state index contributed by atoms with van der Waals surface area (Å²) in [7, 11) is 0. The Hall–Kier alpha value is -0.610. The number of aliphatic hydroxyl groups is 1. The number of anilines is 1. The third-order valence-corrected chi connectivity index (χ3v) is 2.50. The first kappa shape index (κ1) is 9.48. The van der Waals surface area contributed by atoms with Gasteiger partial charge in [-0.25, -0.2) is 4.98 Å². The molecule has 0 aliphatic rings. The molecule has 0 bridgehead atoms. The average molecular weight is 186 g/mol. The predicted molar refractivity (Wildman–Crippen MR) is 51.6 cm³/mol. The van der Waals surface area contributed by atoms with Gasteiger partial charge in [-0.3, -0.25) is 0 Å². The van der Waals surface area contributed by atoms with Crippen LogP contribution in [0.25, 0.3) is 0 Å². The van der Waals surface area contributed by atoms with E-state index in [4.69, 9.17) is 0 Å². The Morgan fingerprint density at radius 3 is 3.00 bits per heavy atom. The van der Waals surface area contributed by atoms with E-state index in [-0.39, 0.29) is 6.10 Å². The number of nitrogens with one attached hydrogen (secondary N) is 1. The van der Waals surface area contributed by atoms with E-state index in [9.17, 15) is 5.11 Å². The fraction of sp³-hybridized carbons (Fsp3) is 0.625. The fourth-order valence-electron chi connectivity index (χ4n) is 0.785. The summed E-state index contributed by atoms with van der Waals surface area (Å²) in [6.07, 6.45) is 0.506. The molecule has 1 atom stereocenters. The van der Waals surface area contributed by atoms with Crippen molar-refractivity contribution in [2.75, 3.05) is 11.9 Å². The van der Waals surface area contributed by atoms with Gasteiger partial charge < -0.3 is 10.4 Å². The molecule has 0 aliphatic carbocycles. The van der Waals surface area contributed by atoms with E-state index in [2.05, 4.69) is 10.3 Å². The van der Waals surface area contributed by atoms with Crippen LogP contribution in [0.3, 0.4) is 0 Å². The topological polar surface area (TPSA) is 45.1 Å². The van der Waals surface area contributed by atoms with Crippen molar-refractivity contribution in [1.29, 1.82) is 0 Å². The van der Waals surface area contributed by atoms with Crippen molar-refractivity contribution in [1.82, 2.24) is 4.98 Å². The van der Waals surface area contributed by atoms with Crippen LogP contribution >= 0.6 is 11.3 Å². The number of nitrogens with zero attached hydrogens (tertiary/aromatic N) is 1. The fourth-order valence-corrected chi connectivity index (χ4v) is 1.48. The molecular formula is C8H14N2OS. The molecule has 68 valence electrons. The molecule has 3 nitrogen and oxygen atoms in total. The Morgan fingerprint density at radius 2 is 2.50 bits per heavy atom. The molecule has 0 amide bonds. The highest BCUT2D eigenvalue weighted by Gasteiger charge is 2.01. The van der Waals surface area contributed by atoms with Gasteiger partial charge in [0.2, 0.25) is 0 Å². The van der Waals surface area contributed by atoms with Crippen LogP contribution in [-0.4, -0.2) is 22.7 Å². The molecule has 1 unspecified atom stereocenters. The molecule has 0 spiro atoms. The predicted octanol–water partition coefficient (Wildman–Crippen LogP) is 1.63. The van der Waals surface area contributed by atoms with E-state index < -0.39 is 0 Å². The van der Waals surface area contributed by atoms with E-state index in [1.165, 1.54) is 0 Å². The Kier molecular flexibility index (Phi) is 3.49. The Labute approximate surface area is 76.5 Å². The maximum atomic E-state index is 9.24. The van der Waals surface area contributed by atoms with Crippen LogP contribution in [-0.2, 0) is 0 Å². The highest BCUT2D eigenvalue weighted by Crippen LogP contribution is 2.14. The van der Waals surface area contributed by atoms with Crippen LogP contribution in [0.15, 0.2) is 5.38 Å². The minimum Gasteiger partial charge on any atom is -0.391 e. The summed E-state index contributed by atoms with van der Waals surface area (Å²) in [6, 6.07) is 0. The third-order valence-electron chi connectivity index (χ3n) is 1.58. The van der Waals surface area contributed by atoms with Crippen molar-refractivity contribution in [2.45, 2.75) is 26.4 Å². The average Bonchev–Trinajstić information content (AvgIpc) is 2.47. The second-order valence-corrected chi connectivity index (χ2v) is 3.60. The van der Waals surface area contributed by atoms with E-state index in [1.807, 2.05) is 19.2 Å². The van der Waals surface area contributed by atoms with Crippen molar-refractivity contribution >= 4 is 16.5 Å². The monoisotopic (exact) mass is 186 g/mol. The second-order valence-electron chi connectivity index (χ2n) is 2.74. The van der Waals surface area contributed by atoms with Gasteiger partial charge in [0.25, 0.3) is 0 Å². The zero-order valence-electron chi connectivity index (χ0n) is 7.37. The first-order chi connectivity index (χ1) is 5.72. The van der Waals surface area contributed by atoms with Gasteiger partial charge in [0, 0.05) is 11.9 Å². The molecular weight excluding hydrogens is 172 g/mol. The number of hydrogen-bond donors (Lipinski definition) is 2. The van der Waals surface area contributed by atoms with Crippen molar-refractivity contribution in [2.24, 2.45) is 0 Å². The summed E-state index contributed by atoms with van der Waals surface area (Å²) >= 11 is 1.57. The summed E-state index contributed by atoms with van der Waals surface area (Å²) in [6.45, 7) is 4.50. The molecule has 0 radical (unpaired) electrons. The number of rotatable bonds is 4. The Bertz CT molecular complexity index is 237. The number of aromatic nitrogens is 1. The van der Waals surface area contributed by atoms with E-state index in [0.717, 1.165) is 17.2 Å². The van der Waals surface area contributed by atoms with Gasteiger partial charge >= 0.3 is 0 Å². The van der Waals surface area contributed by atoms with E-state index in [1.54, 1.807) is 11.3 Å². The molecule has 1 rings (SSSR count). The van der Waals surface area contributed by atoms with Crippen LogP contribution in [0.1, 0.15) is 19.0 Å². The molecule has 12 heavy (non-hydrogen) atoms. The summed E-state index contributed by atoms with van der Waals surface area (Å²) < 4.78 is 0. The highest BCUT2D eigenvalue weighted by atomic mass is 32.1. The standard InChI is InChI=1S/C8H14N2OS/c1-3-7(11)4-9-8-10-6(2)5-12-8/h5,7,11H,3-4H2,1-2H3,(H,9,10). The van der Waals surface area contributed by atoms with Gasteiger partial charge in [0.15, 0.2) is 5.13 Å². The minimum absolute atomic E-state index is 0.269. The SMILES string of the molecule is CCC(O)CNc1nc(C)cs1. The normalized spacial score (nSPS) is 12.9. The molecule has 0 aromatic carbocycles. The molecule has 0 saturated carbocycles. The summed E-state index contributed by atoms with van der Waals surface area (Å²) in [5.41, 5.74) is 1.02. The maximum Gasteiger partial charge on any atom is 0.182 e. The molecule has 0 saturated heterocycles. The smallest absolute Gasteiger partial charge is 0.182 e. The molecule has 0 fully saturated rings. The van der Waals surface area contributed by atoms with Crippen LogP contribution in [0.4, 0.5) is 5.13 Å². The summed E-state index contributed by atoms with van der Waals surface area (Å²) in [4.78, 5) is 4.21. The lowest BCUT2D eigenvalue weighted by molar-refractivity contribution is 0.183. The van der Waals surface area contributed by atoms with Gasteiger partial charge in [-0.2, -0.15) is 0 Å². The van der Waals surface area contributed by atoms with Crippen LogP contribution in [0, 0.1) is 6.92 Å². The third kappa shape index (κ3) is 2.79. The van der Waals surface area contributed by atoms with Crippen molar-refractivity contribution in [3.05, 3.63) is 11.1 Å². The number of thiazole rings is 1. The zero-order chi connectivity index (χ0) is 8.97. The maximum absolute atomic E-state index is 9.24. The van der Waals surface area contributed by atoms with Gasteiger partial charge in [-0.15, -0.1) is 11.3 Å². The Morgan fingerprint density at radius 1 is 1.75 bits per heavy atom. The Balaban J connectivity index is 2.33. The number of aryl methyl sites for hydroxylation is 1. The minimum atomic E-state index is -0.269. The van der Waals surface area contributed by atoms with E-state index >= 15 is 0 Å². The van der Waals surface area contributed by atoms with E-state index in [0.29, 0.717) is 6.54 Å². The molecule has 2 N–H and O–H groups in total. The van der Waals surface area contributed by atoms with Crippen LogP contribution in [0.2, 0.25) is 0 Å². The van der Waals surface area contributed by atoms with Crippen LogP contribution in [0.5, 0.6) is 0 Å². The lowest BCUT2D eigenvalue weighted by atomic mass is 10.3. The van der Waals surface area contributed by atoms with Gasteiger partial charge in [0.05, 0.1) is 11.8 Å². The second kappa shape index (κ2) is 4.42.